The largest absolute Gasteiger partial charge is 0.111 e. The van der Waals surface area contributed by atoms with E-state index in [1.165, 1.54) is 11.3 Å². The molecule has 2 rings (SSSR count). The summed E-state index contributed by atoms with van der Waals surface area (Å²) in [6, 6.07) is 7.20. The number of benzene rings is 1. The lowest BCUT2D eigenvalue weighted by atomic mass is 10.1. The van der Waals surface area contributed by atoms with Crippen molar-refractivity contribution >= 4 is 73.7 Å². The second-order valence-electron chi connectivity index (χ2n) is 3.28. The van der Waals surface area contributed by atoms with Gasteiger partial charge in [0.1, 0.15) is 0 Å². The summed E-state index contributed by atoms with van der Waals surface area (Å²) < 4.78 is 1.27. The molecule has 1 aromatic carbocycles. The second kappa shape index (κ2) is 5.68. The molecule has 0 N–H and O–H groups in total. The van der Waals surface area contributed by atoms with Crippen molar-refractivity contribution in [3.05, 3.63) is 54.1 Å². The lowest BCUT2D eigenvalue weighted by Gasteiger charge is -2.13. The van der Waals surface area contributed by atoms with Gasteiger partial charge in [-0.1, -0.05) is 68.4 Å². The summed E-state index contributed by atoms with van der Waals surface area (Å²) in [6.07, 6.45) is 0. The summed E-state index contributed by atoms with van der Waals surface area (Å²) in [6.45, 7) is 0. The van der Waals surface area contributed by atoms with Crippen LogP contribution in [0.2, 0.25) is 18.7 Å². The Morgan fingerprint density at radius 1 is 1.06 bits per heavy atom. The Morgan fingerprint density at radius 3 is 2.12 bits per heavy atom. The van der Waals surface area contributed by atoms with E-state index in [9.17, 15) is 0 Å². The normalized spacial score (nSPS) is 12.8. The molecule has 1 unspecified atom stereocenters. The number of thiophene rings is 1. The van der Waals surface area contributed by atoms with Crippen molar-refractivity contribution in [2.45, 2.75) is 4.83 Å². The maximum atomic E-state index is 6.15. The van der Waals surface area contributed by atoms with Crippen LogP contribution in [0.25, 0.3) is 0 Å². The molecule has 0 aliphatic rings. The minimum absolute atomic E-state index is 0.167. The van der Waals surface area contributed by atoms with Crippen molar-refractivity contribution in [1.29, 1.82) is 0 Å². The van der Waals surface area contributed by atoms with Gasteiger partial charge in [0, 0.05) is 21.2 Å². The average Bonchev–Trinajstić information content (AvgIpc) is 2.57. The molecule has 0 amide bonds. The maximum Gasteiger partial charge on any atom is 0.0990 e. The van der Waals surface area contributed by atoms with Gasteiger partial charge in [-0.15, -0.1) is 11.3 Å². The van der Waals surface area contributed by atoms with E-state index in [2.05, 4.69) is 15.9 Å². The molecule has 0 spiro atoms. The highest BCUT2D eigenvalue weighted by molar-refractivity contribution is 9.09. The Bertz CT molecular complexity index is 532. The highest BCUT2D eigenvalue weighted by atomic mass is 79.9. The first-order valence-corrected chi connectivity index (χ1v) is 7.78. The van der Waals surface area contributed by atoms with Crippen LogP contribution in [0.5, 0.6) is 0 Å². The SMILES string of the molecule is Clc1cc(C(Br)c2c(Cl)cccc2Cl)c(Cl)s1. The Morgan fingerprint density at radius 2 is 1.65 bits per heavy atom. The minimum Gasteiger partial charge on any atom is -0.111 e. The lowest BCUT2D eigenvalue weighted by Crippen LogP contribution is -1.94. The summed E-state index contributed by atoms with van der Waals surface area (Å²) in [5.74, 6) is 0. The molecule has 0 aliphatic heterocycles. The van der Waals surface area contributed by atoms with Gasteiger partial charge < -0.3 is 0 Å². The molecule has 6 heteroatoms. The maximum absolute atomic E-state index is 6.15. The molecule has 1 atom stereocenters. The molecule has 1 aromatic heterocycles. The first-order chi connectivity index (χ1) is 8.00. The summed E-state index contributed by atoms with van der Waals surface area (Å²) in [5.41, 5.74) is 1.67. The van der Waals surface area contributed by atoms with Crippen molar-refractivity contribution in [1.82, 2.24) is 0 Å². The fourth-order valence-corrected chi connectivity index (χ4v) is 4.98. The molecule has 0 nitrogen and oxygen atoms in total. The van der Waals surface area contributed by atoms with Crippen molar-refractivity contribution < 1.29 is 0 Å². The summed E-state index contributed by atoms with van der Waals surface area (Å²) in [7, 11) is 0. The van der Waals surface area contributed by atoms with E-state index in [-0.39, 0.29) is 4.83 Å². The highest BCUT2D eigenvalue weighted by Gasteiger charge is 2.21. The zero-order chi connectivity index (χ0) is 12.6. The molecular weight excluding hydrogens is 386 g/mol. The minimum atomic E-state index is -0.167. The van der Waals surface area contributed by atoms with Crippen molar-refractivity contribution in [3.8, 4) is 0 Å². The van der Waals surface area contributed by atoms with Crippen LogP contribution in [-0.4, -0.2) is 0 Å². The predicted molar refractivity (Wildman–Crippen MR) is 81.6 cm³/mol. The first kappa shape index (κ1) is 14.0. The third kappa shape index (κ3) is 2.94. The van der Waals surface area contributed by atoms with E-state index in [1.54, 1.807) is 18.2 Å². The molecule has 17 heavy (non-hydrogen) atoms. The fourth-order valence-electron chi connectivity index (χ4n) is 1.43. The topological polar surface area (TPSA) is 0 Å². The van der Waals surface area contributed by atoms with Gasteiger partial charge in [0.15, 0.2) is 0 Å². The number of hydrogen-bond acceptors (Lipinski definition) is 1. The monoisotopic (exact) mass is 388 g/mol. The van der Waals surface area contributed by atoms with Gasteiger partial charge in [-0.05, 0) is 18.2 Å². The Balaban J connectivity index is 2.51. The van der Waals surface area contributed by atoms with E-state index in [0.29, 0.717) is 18.7 Å². The van der Waals surface area contributed by atoms with Crippen LogP contribution >= 0.6 is 73.7 Å². The Kier molecular flexibility index (Phi) is 4.67. The third-order valence-electron chi connectivity index (χ3n) is 2.21. The molecule has 2 aromatic rings. The number of alkyl halides is 1. The molecule has 1 heterocycles. The molecule has 0 aliphatic carbocycles. The Hall–Kier alpha value is 0.560. The van der Waals surface area contributed by atoms with Crippen LogP contribution < -0.4 is 0 Å². The summed E-state index contributed by atoms with van der Waals surface area (Å²) in [4.78, 5) is -0.167. The zero-order valence-corrected chi connectivity index (χ0v) is 13.6. The van der Waals surface area contributed by atoms with Gasteiger partial charge >= 0.3 is 0 Å². The first-order valence-electron chi connectivity index (χ1n) is 4.53. The van der Waals surface area contributed by atoms with E-state index in [0.717, 1.165) is 11.1 Å². The number of hydrogen-bond donors (Lipinski definition) is 0. The predicted octanol–water partition coefficient (Wildman–Crippen LogP) is 6.85. The molecule has 0 saturated heterocycles. The van der Waals surface area contributed by atoms with Gasteiger partial charge in [-0.2, -0.15) is 0 Å². The number of halogens is 5. The van der Waals surface area contributed by atoms with Crippen LogP contribution in [0.3, 0.4) is 0 Å². The van der Waals surface area contributed by atoms with Crippen molar-refractivity contribution in [2.75, 3.05) is 0 Å². The van der Waals surface area contributed by atoms with Crippen LogP contribution in [-0.2, 0) is 0 Å². The fraction of sp³-hybridized carbons (Fsp3) is 0.0909. The Labute approximate surface area is 132 Å². The molecule has 0 bridgehead atoms. The second-order valence-corrected chi connectivity index (χ2v) is 7.29. The van der Waals surface area contributed by atoms with Crippen LogP contribution in [0.4, 0.5) is 0 Å². The lowest BCUT2D eigenvalue weighted by molar-refractivity contribution is 1.19. The molecule has 0 fully saturated rings. The third-order valence-corrected chi connectivity index (χ3v) is 5.34. The molecule has 90 valence electrons. The quantitative estimate of drug-likeness (QED) is 0.492. The van der Waals surface area contributed by atoms with Crippen LogP contribution in [0.1, 0.15) is 16.0 Å². The number of rotatable bonds is 2. The summed E-state index contributed by atoms with van der Waals surface area (Å²) >= 11 is 29.2. The van der Waals surface area contributed by atoms with E-state index in [1.807, 2.05) is 6.07 Å². The van der Waals surface area contributed by atoms with Gasteiger partial charge in [-0.25, -0.2) is 0 Å². The van der Waals surface area contributed by atoms with Crippen LogP contribution in [0.15, 0.2) is 24.3 Å². The highest BCUT2D eigenvalue weighted by Crippen LogP contribution is 2.45. The molecule has 0 radical (unpaired) electrons. The van der Waals surface area contributed by atoms with Gasteiger partial charge in [0.2, 0.25) is 0 Å². The molecular formula is C11H5BrCl4S. The standard InChI is InChI=1S/C11H5BrCl4S/c12-10(5-4-8(15)17-11(5)16)9-6(13)2-1-3-7(9)14/h1-4,10H. The van der Waals surface area contributed by atoms with Gasteiger partial charge in [0.05, 0.1) is 13.5 Å². The summed E-state index contributed by atoms with van der Waals surface area (Å²) in [5, 5.41) is 1.19. The van der Waals surface area contributed by atoms with Crippen molar-refractivity contribution in [3.63, 3.8) is 0 Å². The average molecular weight is 391 g/mol. The molecule has 0 saturated carbocycles. The van der Waals surface area contributed by atoms with E-state index < -0.39 is 0 Å². The smallest absolute Gasteiger partial charge is 0.0990 e. The van der Waals surface area contributed by atoms with Crippen LogP contribution in [0, 0.1) is 0 Å². The van der Waals surface area contributed by atoms with Gasteiger partial charge in [-0.3, -0.25) is 0 Å². The van der Waals surface area contributed by atoms with Crippen molar-refractivity contribution in [2.24, 2.45) is 0 Å². The zero-order valence-electron chi connectivity index (χ0n) is 8.18. The van der Waals surface area contributed by atoms with E-state index in [4.69, 9.17) is 46.4 Å². The van der Waals surface area contributed by atoms with E-state index >= 15 is 0 Å². The van der Waals surface area contributed by atoms with Gasteiger partial charge in [0.25, 0.3) is 0 Å².